The summed E-state index contributed by atoms with van der Waals surface area (Å²) in [6.07, 6.45) is 4.45. The Labute approximate surface area is 105 Å². The zero-order valence-corrected chi connectivity index (χ0v) is 11.7. The molecule has 0 bridgehead atoms. The van der Waals surface area contributed by atoms with Crippen LogP contribution in [0, 0.1) is 11.8 Å². The Hall–Kier alpha value is -0.130. The van der Waals surface area contributed by atoms with E-state index in [9.17, 15) is 13.5 Å². The van der Waals surface area contributed by atoms with Crippen LogP contribution in [-0.4, -0.2) is 31.9 Å². The molecule has 0 saturated heterocycles. The Kier molecular flexibility index (Phi) is 5.89. The van der Waals surface area contributed by atoms with E-state index in [0.717, 1.165) is 25.7 Å². The highest BCUT2D eigenvalue weighted by molar-refractivity contribution is 7.89. The lowest BCUT2D eigenvalue weighted by Crippen LogP contribution is -2.32. The lowest BCUT2D eigenvalue weighted by molar-refractivity contribution is 0.118. The Morgan fingerprint density at radius 1 is 1.29 bits per heavy atom. The van der Waals surface area contributed by atoms with E-state index < -0.39 is 16.1 Å². The first-order chi connectivity index (χ1) is 7.91. The van der Waals surface area contributed by atoms with Gasteiger partial charge >= 0.3 is 0 Å². The normalized spacial score (nSPS) is 20.0. The van der Waals surface area contributed by atoms with E-state index in [4.69, 9.17) is 0 Å². The van der Waals surface area contributed by atoms with E-state index in [0.29, 0.717) is 18.9 Å². The topological polar surface area (TPSA) is 66.4 Å². The summed E-state index contributed by atoms with van der Waals surface area (Å²) in [5.41, 5.74) is 0. The van der Waals surface area contributed by atoms with Gasteiger partial charge in [0.2, 0.25) is 10.0 Å². The van der Waals surface area contributed by atoms with Gasteiger partial charge in [0.05, 0.1) is 11.9 Å². The van der Waals surface area contributed by atoms with Crippen LogP contribution in [0.2, 0.25) is 0 Å². The molecule has 0 aromatic carbocycles. The minimum absolute atomic E-state index is 0.175. The fourth-order valence-electron chi connectivity index (χ4n) is 2.24. The largest absolute Gasteiger partial charge is 0.393 e. The molecule has 0 aliphatic heterocycles. The zero-order chi connectivity index (χ0) is 12.9. The molecule has 4 nitrogen and oxygen atoms in total. The standard InChI is InChI=1S/C12H25NO3S/c1-10(2)12(14)7-8-13-17(15,16)9-11-5-3-4-6-11/h10-14H,3-9H2,1-2H3. The quantitative estimate of drug-likeness (QED) is 0.731. The van der Waals surface area contributed by atoms with Crippen LogP contribution in [0.3, 0.4) is 0 Å². The summed E-state index contributed by atoms with van der Waals surface area (Å²) in [4.78, 5) is 0. The van der Waals surface area contributed by atoms with Gasteiger partial charge < -0.3 is 5.11 Å². The van der Waals surface area contributed by atoms with Crippen molar-refractivity contribution in [3.63, 3.8) is 0 Å². The van der Waals surface area contributed by atoms with E-state index in [1.54, 1.807) is 0 Å². The molecular weight excluding hydrogens is 238 g/mol. The Bertz CT molecular complexity index is 308. The van der Waals surface area contributed by atoms with E-state index in [1.807, 2.05) is 13.8 Å². The molecule has 1 unspecified atom stereocenters. The second-order valence-electron chi connectivity index (χ2n) is 5.43. The molecule has 0 aromatic heterocycles. The Balaban J connectivity index is 2.24. The molecule has 0 radical (unpaired) electrons. The van der Waals surface area contributed by atoms with Crippen molar-refractivity contribution in [2.75, 3.05) is 12.3 Å². The van der Waals surface area contributed by atoms with Crippen LogP contribution < -0.4 is 4.72 Å². The molecule has 1 aliphatic carbocycles. The van der Waals surface area contributed by atoms with Crippen LogP contribution in [0.5, 0.6) is 0 Å². The van der Waals surface area contributed by atoms with Gasteiger partial charge in [-0.25, -0.2) is 13.1 Å². The van der Waals surface area contributed by atoms with Crippen molar-refractivity contribution in [3.05, 3.63) is 0 Å². The molecule has 1 aliphatic rings. The predicted molar refractivity (Wildman–Crippen MR) is 69.2 cm³/mol. The predicted octanol–water partition coefficient (Wildman–Crippen LogP) is 1.50. The van der Waals surface area contributed by atoms with E-state index in [1.165, 1.54) is 0 Å². The molecule has 1 fully saturated rings. The molecule has 2 N–H and O–H groups in total. The summed E-state index contributed by atoms with van der Waals surface area (Å²) >= 11 is 0. The van der Waals surface area contributed by atoms with Gasteiger partial charge in [-0.2, -0.15) is 0 Å². The van der Waals surface area contributed by atoms with Crippen LogP contribution in [0.25, 0.3) is 0 Å². The average Bonchev–Trinajstić information content (AvgIpc) is 2.68. The van der Waals surface area contributed by atoms with Crippen molar-refractivity contribution in [2.45, 2.75) is 52.1 Å². The fourth-order valence-corrected chi connectivity index (χ4v) is 3.74. The molecule has 102 valence electrons. The first kappa shape index (κ1) is 14.9. The van der Waals surface area contributed by atoms with Crippen LogP contribution >= 0.6 is 0 Å². The van der Waals surface area contributed by atoms with E-state index in [-0.39, 0.29) is 11.7 Å². The fraction of sp³-hybridized carbons (Fsp3) is 1.00. The second kappa shape index (κ2) is 6.71. The van der Waals surface area contributed by atoms with E-state index >= 15 is 0 Å². The van der Waals surface area contributed by atoms with Crippen molar-refractivity contribution in [2.24, 2.45) is 11.8 Å². The first-order valence-corrected chi connectivity index (χ1v) is 8.21. The molecule has 1 rings (SSSR count). The number of hydrogen-bond donors (Lipinski definition) is 2. The minimum Gasteiger partial charge on any atom is -0.393 e. The lowest BCUT2D eigenvalue weighted by Gasteiger charge is -2.15. The Morgan fingerprint density at radius 3 is 2.41 bits per heavy atom. The SMILES string of the molecule is CC(C)C(O)CCNS(=O)(=O)CC1CCCC1. The summed E-state index contributed by atoms with van der Waals surface area (Å²) in [6.45, 7) is 4.20. The van der Waals surface area contributed by atoms with Gasteiger partial charge in [-0.15, -0.1) is 0 Å². The smallest absolute Gasteiger partial charge is 0.211 e. The average molecular weight is 263 g/mol. The van der Waals surface area contributed by atoms with Gasteiger partial charge in [-0.1, -0.05) is 26.7 Å². The summed E-state index contributed by atoms with van der Waals surface area (Å²) < 4.78 is 26.1. The highest BCUT2D eigenvalue weighted by Gasteiger charge is 2.22. The van der Waals surface area contributed by atoms with Gasteiger partial charge in [0.25, 0.3) is 0 Å². The molecular formula is C12H25NO3S. The van der Waals surface area contributed by atoms with Gasteiger partial charge in [0, 0.05) is 6.54 Å². The van der Waals surface area contributed by atoms with Gasteiger partial charge in [-0.05, 0) is 31.1 Å². The van der Waals surface area contributed by atoms with Crippen LogP contribution in [0.15, 0.2) is 0 Å². The minimum atomic E-state index is -3.15. The van der Waals surface area contributed by atoms with Crippen molar-refractivity contribution in [1.82, 2.24) is 4.72 Å². The molecule has 0 amide bonds. The van der Waals surface area contributed by atoms with Gasteiger partial charge in [0.15, 0.2) is 0 Å². The van der Waals surface area contributed by atoms with Crippen molar-refractivity contribution in [1.29, 1.82) is 0 Å². The first-order valence-electron chi connectivity index (χ1n) is 6.56. The number of rotatable bonds is 7. The maximum absolute atomic E-state index is 11.7. The summed E-state index contributed by atoms with van der Waals surface area (Å²) in [5.74, 6) is 0.766. The van der Waals surface area contributed by atoms with Crippen molar-refractivity contribution in [3.8, 4) is 0 Å². The monoisotopic (exact) mass is 263 g/mol. The van der Waals surface area contributed by atoms with Gasteiger partial charge in [-0.3, -0.25) is 0 Å². The maximum atomic E-state index is 11.7. The molecule has 1 saturated carbocycles. The van der Waals surface area contributed by atoms with E-state index in [2.05, 4.69) is 4.72 Å². The molecule has 5 heteroatoms. The highest BCUT2D eigenvalue weighted by Crippen LogP contribution is 2.25. The summed E-state index contributed by atoms with van der Waals surface area (Å²) in [7, 11) is -3.15. The number of hydrogen-bond acceptors (Lipinski definition) is 3. The van der Waals surface area contributed by atoms with Gasteiger partial charge in [0.1, 0.15) is 0 Å². The molecule has 17 heavy (non-hydrogen) atoms. The third-order valence-corrected chi connectivity index (χ3v) is 5.02. The third kappa shape index (κ3) is 5.84. The number of aliphatic hydroxyl groups is 1. The Morgan fingerprint density at radius 2 is 1.88 bits per heavy atom. The molecule has 0 heterocycles. The number of aliphatic hydroxyl groups excluding tert-OH is 1. The van der Waals surface area contributed by atoms with Crippen molar-refractivity contribution >= 4 is 10.0 Å². The number of sulfonamides is 1. The highest BCUT2D eigenvalue weighted by atomic mass is 32.2. The molecule has 0 spiro atoms. The molecule has 0 aromatic rings. The third-order valence-electron chi connectivity index (χ3n) is 3.46. The maximum Gasteiger partial charge on any atom is 0.211 e. The molecule has 1 atom stereocenters. The lowest BCUT2D eigenvalue weighted by atomic mass is 10.1. The summed E-state index contributed by atoms with van der Waals surface area (Å²) in [6, 6.07) is 0. The van der Waals surface area contributed by atoms with Crippen molar-refractivity contribution < 1.29 is 13.5 Å². The second-order valence-corrected chi connectivity index (χ2v) is 7.28. The van der Waals surface area contributed by atoms with Crippen LogP contribution in [0.4, 0.5) is 0 Å². The zero-order valence-electron chi connectivity index (χ0n) is 10.9. The van der Waals surface area contributed by atoms with Crippen LogP contribution in [-0.2, 0) is 10.0 Å². The summed E-state index contributed by atoms with van der Waals surface area (Å²) in [5, 5.41) is 9.57. The number of nitrogens with one attached hydrogen (secondary N) is 1. The van der Waals surface area contributed by atoms with Crippen LogP contribution in [0.1, 0.15) is 46.0 Å².